The van der Waals surface area contributed by atoms with Crippen molar-refractivity contribution in [1.82, 2.24) is 0 Å². The third-order valence-electron chi connectivity index (χ3n) is 5.89. The first-order valence-corrected chi connectivity index (χ1v) is 9.05. The van der Waals surface area contributed by atoms with Crippen molar-refractivity contribution in [2.75, 3.05) is 5.88 Å². The van der Waals surface area contributed by atoms with E-state index in [1.54, 1.807) is 0 Å². The lowest BCUT2D eigenvalue weighted by Gasteiger charge is -2.37. The Morgan fingerprint density at radius 3 is 2.69 bits per heavy atom. The molecule has 2 saturated carbocycles. The van der Waals surface area contributed by atoms with E-state index in [1.165, 1.54) is 6.92 Å². The Bertz CT molecular complexity index is 700. The maximum atomic E-state index is 12.2. The molecular weight excluding hydrogens is 360 g/mol. The molecule has 0 radical (unpaired) electrons. The van der Waals surface area contributed by atoms with Crippen LogP contribution in [0.4, 0.5) is 0 Å². The molecule has 2 aliphatic carbocycles. The lowest BCUT2D eigenvalue weighted by atomic mass is 9.76. The first kappa shape index (κ1) is 19.1. The molecule has 7 heteroatoms. The molecule has 1 aliphatic heterocycles. The largest absolute Gasteiger partial charge is 0.458 e. The minimum absolute atomic E-state index is 0.182. The average molecular weight is 383 g/mol. The number of aliphatic hydroxyl groups excluding tert-OH is 1. The van der Waals surface area contributed by atoms with E-state index in [9.17, 15) is 19.8 Å². The number of carbonyl (C=O) groups excluding carboxylic acids is 2. The van der Waals surface area contributed by atoms with E-state index in [1.807, 2.05) is 0 Å². The number of halogens is 1. The van der Waals surface area contributed by atoms with Gasteiger partial charge in [-0.2, -0.15) is 0 Å². The molecule has 0 aromatic heterocycles. The van der Waals surface area contributed by atoms with Crippen LogP contribution in [0.5, 0.6) is 0 Å². The molecule has 6 nitrogen and oxygen atoms in total. The molecule has 0 unspecified atom stereocenters. The summed E-state index contributed by atoms with van der Waals surface area (Å²) in [6.07, 6.45) is -2.04. The fourth-order valence-electron chi connectivity index (χ4n) is 4.50. The van der Waals surface area contributed by atoms with Crippen LogP contribution >= 0.6 is 11.6 Å². The summed E-state index contributed by atoms with van der Waals surface area (Å²) in [6.45, 7) is 13.0. The van der Waals surface area contributed by atoms with Crippen molar-refractivity contribution in [2.45, 2.75) is 43.7 Å². The number of rotatable bonds is 3. The summed E-state index contributed by atoms with van der Waals surface area (Å²) in [5.41, 5.74) is -0.495. The summed E-state index contributed by atoms with van der Waals surface area (Å²) in [7, 11) is 0. The highest BCUT2D eigenvalue weighted by molar-refractivity contribution is 6.18. The highest BCUT2D eigenvalue weighted by atomic mass is 35.5. The van der Waals surface area contributed by atoms with Crippen molar-refractivity contribution < 1.29 is 29.3 Å². The van der Waals surface area contributed by atoms with Gasteiger partial charge in [-0.15, -0.1) is 11.6 Å². The molecule has 1 heterocycles. The second kappa shape index (κ2) is 6.51. The van der Waals surface area contributed by atoms with Gasteiger partial charge in [-0.3, -0.25) is 0 Å². The van der Waals surface area contributed by atoms with Crippen LogP contribution in [0.3, 0.4) is 0 Å². The number of hydrogen-bond donors (Lipinski definition) is 2. The van der Waals surface area contributed by atoms with Crippen LogP contribution in [-0.4, -0.2) is 51.9 Å². The minimum atomic E-state index is -1.63. The van der Waals surface area contributed by atoms with Crippen molar-refractivity contribution in [3.8, 4) is 0 Å². The van der Waals surface area contributed by atoms with Gasteiger partial charge in [-0.25, -0.2) is 9.59 Å². The van der Waals surface area contributed by atoms with Gasteiger partial charge in [-0.1, -0.05) is 25.3 Å². The third-order valence-corrected chi connectivity index (χ3v) is 6.32. The predicted octanol–water partition coefficient (Wildman–Crippen LogP) is 1.50. The highest BCUT2D eigenvalue weighted by Gasteiger charge is 2.64. The van der Waals surface area contributed by atoms with E-state index in [2.05, 4.69) is 19.7 Å². The van der Waals surface area contributed by atoms with Gasteiger partial charge in [-0.05, 0) is 19.3 Å². The zero-order valence-electron chi connectivity index (χ0n) is 14.6. The van der Waals surface area contributed by atoms with E-state index < -0.39 is 47.7 Å². The molecule has 3 rings (SSSR count). The highest BCUT2D eigenvalue weighted by Crippen LogP contribution is 2.55. The van der Waals surface area contributed by atoms with Crippen molar-refractivity contribution in [2.24, 2.45) is 17.8 Å². The number of alkyl halides is 1. The van der Waals surface area contributed by atoms with Gasteiger partial charge in [0.05, 0.1) is 17.9 Å². The summed E-state index contributed by atoms with van der Waals surface area (Å²) in [6, 6.07) is 0. The Labute approximate surface area is 157 Å². The maximum absolute atomic E-state index is 12.2. The molecule has 0 bridgehead atoms. The number of carbonyl (C=O) groups is 2. The monoisotopic (exact) mass is 382 g/mol. The summed E-state index contributed by atoms with van der Waals surface area (Å²) >= 11 is 5.99. The molecule has 2 N–H and O–H groups in total. The van der Waals surface area contributed by atoms with Crippen LogP contribution in [-0.2, 0) is 19.1 Å². The Morgan fingerprint density at radius 2 is 2.12 bits per heavy atom. The van der Waals surface area contributed by atoms with Crippen LogP contribution in [0.1, 0.15) is 19.8 Å². The number of esters is 2. The molecule has 26 heavy (non-hydrogen) atoms. The lowest BCUT2D eigenvalue weighted by molar-refractivity contribution is -0.155. The van der Waals surface area contributed by atoms with Crippen LogP contribution in [0.25, 0.3) is 0 Å². The zero-order valence-corrected chi connectivity index (χ0v) is 15.4. The fourth-order valence-corrected chi connectivity index (χ4v) is 4.86. The summed E-state index contributed by atoms with van der Waals surface area (Å²) < 4.78 is 11.1. The zero-order chi connectivity index (χ0) is 19.4. The Kier molecular flexibility index (Phi) is 4.80. The van der Waals surface area contributed by atoms with Gasteiger partial charge in [0.1, 0.15) is 17.8 Å². The van der Waals surface area contributed by atoms with E-state index in [-0.39, 0.29) is 35.8 Å². The van der Waals surface area contributed by atoms with Crippen LogP contribution in [0.15, 0.2) is 36.5 Å². The molecule has 0 aromatic rings. The first-order chi connectivity index (χ1) is 12.1. The summed E-state index contributed by atoms with van der Waals surface area (Å²) in [4.78, 5) is 24.3. The van der Waals surface area contributed by atoms with Crippen LogP contribution < -0.4 is 0 Å². The van der Waals surface area contributed by atoms with Gasteiger partial charge < -0.3 is 19.7 Å². The van der Waals surface area contributed by atoms with Crippen molar-refractivity contribution in [1.29, 1.82) is 0 Å². The van der Waals surface area contributed by atoms with Gasteiger partial charge in [0, 0.05) is 23.5 Å². The van der Waals surface area contributed by atoms with Crippen LogP contribution in [0.2, 0.25) is 0 Å². The number of aliphatic hydroxyl groups is 2. The second-order valence-corrected chi connectivity index (χ2v) is 7.78. The molecule has 3 aliphatic rings. The Morgan fingerprint density at radius 1 is 1.46 bits per heavy atom. The third kappa shape index (κ3) is 2.71. The molecule has 0 aromatic carbocycles. The quantitative estimate of drug-likeness (QED) is 0.332. The lowest BCUT2D eigenvalue weighted by Crippen LogP contribution is -2.52. The van der Waals surface area contributed by atoms with Crippen LogP contribution in [0, 0.1) is 17.8 Å². The molecule has 0 amide bonds. The van der Waals surface area contributed by atoms with Gasteiger partial charge in [0.15, 0.2) is 0 Å². The Hall–Kier alpha value is -1.63. The first-order valence-electron chi connectivity index (χ1n) is 8.52. The molecular formula is C19H23ClO6. The SMILES string of the molecule is C=C(C)C(=O)O[C@H]1CC(=C)[C@@H]2C[C@@H](O)[C@@](O)(CCl)[C@@H]2[C@H]2OC(=O)C(=C)[C@@H]21. The number of ether oxygens (including phenoxy) is 2. The molecule has 7 atom stereocenters. The van der Waals surface area contributed by atoms with Crippen molar-refractivity contribution in [3.63, 3.8) is 0 Å². The van der Waals surface area contributed by atoms with Gasteiger partial charge in [0.2, 0.25) is 0 Å². The molecule has 142 valence electrons. The molecule has 3 fully saturated rings. The second-order valence-electron chi connectivity index (χ2n) is 7.52. The van der Waals surface area contributed by atoms with Crippen molar-refractivity contribution >= 4 is 23.5 Å². The molecule has 0 spiro atoms. The van der Waals surface area contributed by atoms with Crippen molar-refractivity contribution in [3.05, 3.63) is 36.5 Å². The smallest absolute Gasteiger partial charge is 0.334 e. The van der Waals surface area contributed by atoms with E-state index in [0.29, 0.717) is 5.57 Å². The predicted molar refractivity (Wildman–Crippen MR) is 94.2 cm³/mol. The fraction of sp³-hybridized carbons (Fsp3) is 0.579. The van der Waals surface area contributed by atoms with Gasteiger partial charge in [0.25, 0.3) is 0 Å². The minimum Gasteiger partial charge on any atom is -0.458 e. The van der Waals surface area contributed by atoms with Gasteiger partial charge >= 0.3 is 11.9 Å². The number of fused-ring (bicyclic) bond motifs is 3. The van der Waals surface area contributed by atoms with E-state index in [4.69, 9.17) is 21.1 Å². The average Bonchev–Trinajstić information content (AvgIpc) is 2.97. The topological polar surface area (TPSA) is 93.1 Å². The van der Waals surface area contributed by atoms with E-state index >= 15 is 0 Å². The summed E-state index contributed by atoms with van der Waals surface area (Å²) in [5, 5.41) is 21.4. The molecule has 1 saturated heterocycles. The summed E-state index contributed by atoms with van der Waals surface area (Å²) in [5.74, 6) is -2.99. The maximum Gasteiger partial charge on any atom is 0.334 e. The Balaban J connectivity index is 2.04. The standard InChI is InChI=1S/C19H23ClO6/c1-8(2)17(22)25-12-5-9(3)11-6-13(21)19(24,7-20)15(11)16-14(12)10(4)18(23)26-16/h11-16,21,24H,1,3-7H2,2H3/t11-,12-,13+,14+,15-,16-,19-/m0/s1. The normalized spacial score (nSPS) is 41.9. The number of hydrogen-bond acceptors (Lipinski definition) is 6. The van der Waals surface area contributed by atoms with E-state index in [0.717, 1.165) is 0 Å².